The molecule has 2 nitrogen and oxygen atoms in total. The maximum Gasteiger partial charge on any atom is 0.151 e. The molecule has 0 aliphatic heterocycles. The molecule has 0 N–H and O–H groups in total. The van der Waals surface area contributed by atoms with Crippen LogP contribution in [0.1, 0.15) is 20.7 Å². The monoisotopic (exact) mass is 226 g/mol. The fraction of sp³-hybridized carbons (Fsp3) is 0.200. The number of hydrogen-bond donors (Lipinski definition) is 0. The summed E-state index contributed by atoms with van der Waals surface area (Å²) in [6.07, 6.45) is 5.35. The largest absolute Gasteiger partial charge is 0.298 e. The van der Waals surface area contributed by atoms with Crippen molar-refractivity contribution in [3.63, 3.8) is 0 Å². The zero-order chi connectivity index (χ0) is 10.6. The minimum absolute atomic E-state index is 0.589. The summed E-state index contributed by atoms with van der Waals surface area (Å²) in [6, 6.07) is 3.60. The number of hydrogen-bond acceptors (Lipinski definition) is 4. The predicted molar refractivity (Wildman–Crippen MR) is 60.8 cm³/mol. The molecule has 0 aliphatic rings. The first kappa shape index (κ1) is 11.3. The van der Waals surface area contributed by atoms with Crippen LogP contribution >= 0.6 is 23.5 Å². The lowest BCUT2D eigenvalue weighted by Gasteiger charge is -2.06. The number of thioether (sulfide) groups is 2. The Kier molecular flexibility index (Phi) is 4.22. The smallest absolute Gasteiger partial charge is 0.151 e. The van der Waals surface area contributed by atoms with Crippen LogP contribution in [0.3, 0.4) is 0 Å². The molecule has 74 valence electrons. The molecule has 0 unspecified atom stereocenters. The van der Waals surface area contributed by atoms with Gasteiger partial charge in [0.25, 0.3) is 0 Å². The first-order chi connectivity index (χ1) is 6.76. The Labute approximate surface area is 91.5 Å². The van der Waals surface area contributed by atoms with Crippen LogP contribution < -0.4 is 0 Å². The normalized spacial score (nSPS) is 9.86. The van der Waals surface area contributed by atoms with E-state index in [2.05, 4.69) is 0 Å². The molecule has 4 heteroatoms. The second kappa shape index (κ2) is 5.22. The summed E-state index contributed by atoms with van der Waals surface area (Å²) >= 11 is 2.94. The average molecular weight is 226 g/mol. The lowest BCUT2D eigenvalue weighted by atomic mass is 10.1. The van der Waals surface area contributed by atoms with Crippen LogP contribution in [0.25, 0.3) is 0 Å². The van der Waals surface area contributed by atoms with Crippen LogP contribution in [-0.4, -0.2) is 25.1 Å². The summed E-state index contributed by atoms with van der Waals surface area (Å²) < 4.78 is 0. The van der Waals surface area contributed by atoms with Gasteiger partial charge in [0.15, 0.2) is 12.6 Å². The van der Waals surface area contributed by atoms with Gasteiger partial charge in [0, 0.05) is 20.9 Å². The molecule has 0 amide bonds. The molecular formula is C10H10O2S2. The molecule has 0 aromatic heterocycles. The van der Waals surface area contributed by atoms with Gasteiger partial charge in [-0.2, -0.15) is 0 Å². The van der Waals surface area contributed by atoms with E-state index in [1.807, 2.05) is 12.5 Å². The molecule has 0 radical (unpaired) electrons. The first-order valence-corrected chi connectivity index (χ1v) is 6.38. The highest BCUT2D eigenvalue weighted by atomic mass is 32.2. The fourth-order valence-electron chi connectivity index (χ4n) is 1.17. The summed E-state index contributed by atoms with van der Waals surface area (Å²) in [6.45, 7) is 0. The summed E-state index contributed by atoms with van der Waals surface area (Å²) in [5, 5.41) is 0. The van der Waals surface area contributed by atoms with Crippen molar-refractivity contribution in [1.82, 2.24) is 0 Å². The molecule has 0 fully saturated rings. The summed E-state index contributed by atoms with van der Waals surface area (Å²) in [7, 11) is 0. The van der Waals surface area contributed by atoms with E-state index in [1.54, 1.807) is 12.1 Å². The van der Waals surface area contributed by atoms with Gasteiger partial charge >= 0.3 is 0 Å². The zero-order valence-electron chi connectivity index (χ0n) is 7.94. The van der Waals surface area contributed by atoms with Gasteiger partial charge in [0.05, 0.1) is 0 Å². The predicted octanol–water partition coefficient (Wildman–Crippen LogP) is 2.76. The van der Waals surface area contributed by atoms with Gasteiger partial charge in [-0.3, -0.25) is 9.59 Å². The molecule has 0 aliphatic carbocycles. The maximum atomic E-state index is 10.8. The molecule has 0 bridgehead atoms. The van der Waals surface area contributed by atoms with Gasteiger partial charge in [0.1, 0.15) is 0 Å². The minimum Gasteiger partial charge on any atom is -0.298 e. The second-order valence-corrected chi connectivity index (χ2v) is 4.27. The number of aldehydes is 2. The van der Waals surface area contributed by atoms with Crippen molar-refractivity contribution in [1.29, 1.82) is 0 Å². The number of rotatable bonds is 4. The standard InChI is InChI=1S/C10H10O2S2/c1-13-9-3-7(5-11)10(14-2)8(4-9)6-12/h3-6H,1-2H3. The average Bonchev–Trinajstić information content (AvgIpc) is 2.26. The molecule has 0 heterocycles. The van der Waals surface area contributed by atoms with Gasteiger partial charge in [-0.1, -0.05) is 0 Å². The van der Waals surface area contributed by atoms with E-state index < -0.39 is 0 Å². The van der Waals surface area contributed by atoms with E-state index in [-0.39, 0.29) is 0 Å². The van der Waals surface area contributed by atoms with Crippen molar-refractivity contribution in [2.24, 2.45) is 0 Å². The van der Waals surface area contributed by atoms with Crippen molar-refractivity contribution in [3.8, 4) is 0 Å². The number of carbonyl (C=O) groups is 2. The Morgan fingerprint density at radius 1 is 1.00 bits per heavy atom. The minimum atomic E-state index is 0.589. The van der Waals surface area contributed by atoms with Gasteiger partial charge in [-0.05, 0) is 24.6 Å². The molecule has 1 aromatic rings. The lowest BCUT2D eigenvalue weighted by molar-refractivity contribution is 0.111. The first-order valence-electron chi connectivity index (χ1n) is 3.93. The van der Waals surface area contributed by atoms with Crippen LogP contribution in [0.5, 0.6) is 0 Å². The molecule has 14 heavy (non-hydrogen) atoms. The fourth-order valence-corrected chi connectivity index (χ4v) is 2.35. The molecule has 1 aromatic carbocycles. The van der Waals surface area contributed by atoms with E-state index in [9.17, 15) is 9.59 Å². The Bertz CT molecular complexity index is 332. The Hall–Kier alpha value is -0.740. The SMILES string of the molecule is CSc1cc(C=O)c(SC)c(C=O)c1. The van der Waals surface area contributed by atoms with E-state index in [4.69, 9.17) is 0 Å². The molecule has 0 saturated heterocycles. The molecule has 0 saturated carbocycles. The van der Waals surface area contributed by atoms with Crippen LogP contribution in [0.15, 0.2) is 21.9 Å². The van der Waals surface area contributed by atoms with Crippen molar-refractivity contribution in [2.45, 2.75) is 9.79 Å². The van der Waals surface area contributed by atoms with Crippen molar-refractivity contribution in [2.75, 3.05) is 12.5 Å². The summed E-state index contributed by atoms with van der Waals surface area (Å²) in [5.74, 6) is 0. The van der Waals surface area contributed by atoms with Gasteiger partial charge in [0.2, 0.25) is 0 Å². The quantitative estimate of drug-likeness (QED) is 0.584. The Morgan fingerprint density at radius 3 is 1.79 bits per heavy atom. The summed E-state index contributed by atoms with van der Waals surface area (Å²) in [5.41, 5.74) is 1.18. The van der Waals surface area contributed by atoms with E-state index in [1.165, 1.54) is 23.5 Å². The van der Waals surface area contributed by atoms with Crippen LogP contribution in [0, 0.1) is 0 Å². The van der Waals surface area contributed by atoms with Gasteiger partial charge in [-0.25, -0.2) is 0 Å². The van der Waals surface area contributed by atoms with E-state index >= 15 is 0 Å². The van der Waals surface area contributed by atoms with E-state index in [0.717, 1.165) is 22.4 Å². The third-order valence-electron chi connectivity index (χ3n) is 1.81. The molecular weight excluding hydrogens is 216 g/mol. The van der Waals surface area contributed by atoms with E-state index in [0.29, 0.717) is 11.1 Å². The highest BCUT2D eigenvalue weighted by Crippen LogP contribution is 2.28. The highest BCUT2D eigenvalue weighted by Gasteiger charge is 2.08. The van der Waals surface area contributed by atoms with Gasteiger partial charge in [-0.15, -0.1) is 23.5 Å². The third kappa shape index (κ3) is 2.19. The Balaban J connectivity index is 3.38. The zero-order valence-corrected chi connectivity index (χ0v) is 9.58. The van der Waals surface area contributed by atoms with Crippen LogP contribution in [0.2, 0.25) is 0 Å². The molecule has 0 atom stereocenters. The molecule has 0 spiro atoms. The Morgan fingerprint density at radius 2 is 1.50 bits per heavy atom. The highest BCUT2D eigenvalue weighted by molar-refractivity contribution is 7.99. The van der Waals surface area contributed by atoms with Crippen molar-refractivity contribution >= 4 is 36.1 Å². The topological polar surface area (TPSA) is 34.1 Å². The van der Waals surface area contributed by atoms with Gasteiger partial charge < -0.3 is 0 Å². The third-order valence-corrected chi connectivity index (χ3v) is 3.40. The number of benzene rings is 1. The maximum absolute atomic E-state index is 10.8. The van der Waals surface area contributed by atoms with Crippen LogP contribution in [0.4, 0.5) is 0 Å². The second-order valence-electron chi connectivity index (χ2n) is 2.57. The van der Waals surface area contributed by atoms with Crippen molar-refractivity contribution in [3.05, 3.63) is 23.3 Å². The number of carbonyl (C=O) groups excluding carboxylic acids is 2. The molecule has 1 rings (SSSR count). The van der Waals surface area contributed by atoms with Crippen molar-refractivity contribution < 1.29 is 9.59 Å². The van der Waals surface area contributed by atoms with Crippen LogP contribution in [-0.2, 0) is 0 Å². The summed E-state index contributed by atoms with van der Waals surface area (Å²) in [4.78, 5) is 23.3. The lowest BCUT2D eigenvalue weighted by Crippen LogP contribution is -1.93.